The van der Waals surface area contributed by atoms with Gasteiger partial charge in [-0.1, -0.05) is 18.2 Å². The number of benzene rings is 1. The van der Waals surface area contributed by atoms with Gasteiger partial charge >= 0.3 is 0 Å². The molecule has 1 aliphatic heterocycles. The first kappa shape index (κ1) is 11.5. The van der Waals surface area contributed by atoms with E-state index in [4.69, 9.17) is 0 Å². The van der Waals surface area contributed by atoms with Crippen LogP contribution in [0.25, 0.3) is 0 Å². The number of nitrogens with one attached hydrogen (secondary N) is 1. The van der Waals surface area contributed by atoms with Gasteiger partial charge in [0.1, 0.15) is 0 Å². The van der Waals surface area contributed by atoms with Gasteiger partial charge in [-0.3, -0.25) is 0 Å². The molecular weight excluding hydrogens is 196 g/mol. The van der Waals surface area contributed by atoms with E-state index in [0.717, 1.165) is 13.1 Å². The Morgan fingerprint density at radius 3 is 2.75 bits per heavy atom. The molecule has 1 unspecified atom stereocenters. The molecule has 16 heavy (non-hydrogen) atoms. The Labute approximate surface area is 98.7 Å². The van der Waals surface area contributed by atoms with Crippen LogP contribution in [0.3, 0.4) is 0 Å². The highest BCUT2D eigenvalue weighted by Gasteiger charge is 2.18. The molecule has 1 atom stereocenters. The molecule has 1 aromatic rings. The van der Waals surface area contributed by atoms with Gasteiger partial charge in [0.2, 0.25) is 0 Å². The maximum Gasteiger partial charge on any atom is 0.0368 e. The number of anilines is 1. The lowest BCUT2D eigenvalue weighted by molar-refractivity contribution is 0.545. The van der Waals surface area contributed by atoms with Crippen LogP contribution in [0.5, 0.6) is 0 Å². The number of hydrogen-bond acceptors (Lipinski definition) is 2. The quantitative estimate of drug-likeness (QED) is 0.839. The second-order valence-electron chi connectivity index (χ2n) is 4.46. The molecule has 88 valence electrons. The molecule has 1 fully saturated rings. The number of para-hydroxylation sites is 1. The lowest BCUT2D eigenvalue weighted by atomic mass is 10.1. The molecule has 1 saturated heterocycles. The first-order chi connectivity index (χ1) is 7.92. The van der Waals surface area contributed by atoms with Crippen LogP contribution in [0.1, 0.15) is 26.2 Å². The summed E-state index contributed by atoms with van der Waals surface area (Å²) in [6.45, 7) is 5.71. The van der Waals surface area contributed by atoms with Crippen LogP contribution in [0.2, 0.25) is 0 Å². The Morgan fingerprint density at radius 2 is 2.00 bits per heavy atom. The summed E-state index contributed by atoms with van der Waals surface area (Å²) in [4.78, 5) is 2.55. The number of rotatable bonds is 3. The summed E-state index contributed by atoms with van der Waals surface area (Å²) in [7, 11) is 0. The maximum atomic E-state index is 3.48. The summed E-state index contributed by atoms with van der Waals surface area (Å²) in [5.41, 5.74) is 1.37. The van der Waals surface area contributed by atoms with Gasteiger partial charge < -0.3 is 10.2 Å². The minimum Gasteiger partial charge on any atom is -0.369 e. The first-order valence-corrected chi connectivity index (χ1v) is 6.44. The van der Waals surface area contributed by atoms with Gasteiger partial charge in [0.15, 0.2) is 0 Å². The SMILES string of the molecule is CCN(c1ccccc1)C1CCCNCC1. The van der Waals surface area contributed by atoms with E-state index in [9.17, 15) is 0 Å². The minimum absolute atomic E-state index is 0.711. The smallest absolute Gasteiger partial charge is 0.0368 e. The number of nitrogens with zero attached hydrogens (tertiary/aromatic N) is 1. The van der Waals surface area contributed by atoms with Crippen molar-refractivity contribution in [1.82, 2.24) is 5.32 Å². The van der Waals surface area contributed by atoms with E-state index in [1.165, 1.54) is 31.5 Å². The van der Waals surface area contributed by atoms with Crippen molar-refractivity contribution < 1.29 is 0 Å². The molecule has 0 radical (unpaired) electrons. The summed E-state index contributed by atoms with van der Waals surface area (Å²) < 4.78 is 0. The molecule has 2 rings (SSSR count). The van der Waals surface area contributed by atoms with E-state index in [2.05, 4.69) is 47.5 Å². The van der Waals surface area contributed by atoms with E-state index < -0.39 is 0 Å². The fraction of sp³-hybridized carbons (Fsp3) is 0.571. The third kappa shape index (κ3) is 2.76. The van der Waals surface area contributed by atoms with Crippen molar-refractivity contribution in [3.05, 3.63) is 30.3 Å². The van der Waals surface area contributed by atoms with Gasteiger partial charge in [-0.15, -0.1) is 0 Å². The van der Waals surface area contributed by atoms with Crippen LogP contribution in [-0.4, -0.2) is 25.7 Å². The molecule has 0 bridgehead atoms. The highest BCUT2D eigenvalue weighted by atomic mass is 15.2. The Morgan fingerprint density at radius 1 is 1.19 bits per heavy atom. The third-order valence-corrected chi connectivity index (χ3v) is 3.41. The molecular formula is C14H22N2. The van der Waals surface area contributed by atoms with Crippen LogP contribution in [0.15, 0.2) is 30.3 Å². The molecule has 1 aliphatic rings. The molecule has 0 aromatic heterocycles. The summed E-state index contributed by atoms with van der Waals surface area (Å²) >= 11 is 0. The van der Waals surface area contributed by atoms with Crippen LogP contribution < -0.4 is 10.2 Å². The summed E-state index contributed by atoms with van der Waals surface area (Å²) in [5, 5.41) is 3.48. The summed E-state index contributed by atoms with van der Waals surface area (Å²) in [5.74, 6) is 0. The van der Waals surface area contributed by atoms with Crippen molar-refractivity contribution in [2.75, 3.05) is 24.5 Å². The van der Waals surface area contributed by atoms with Crippen molar-refractivity contribution in [2.45, 2.75) is 32.2 Å². The lowest BCUT2D eigenvalue weighted by Gasteiger charge is -2.32. The van der Waals surface area contributed by atoms with Gasteiger partial charge in [0.25, 0.3) is 0 Å². The Balaban J connectivity index is 2.09. The second-order valence-corrected chi connectivity index (χ2v) is 4.46. The summed E-state index contributed by atoms with van der Waals surface area (Å²) in [6, 6.07) is 11.5. The van der Waals surface area contributed by atoms with Crippen molar-refractivity contribution in [3.8, 4) is 0 Å². The van der Waals surface area contributed by atoms with Gasteiger partial charge in [-0.05, 0) is 51.4 Å². The standard InChI is InChI=1S/C14H22N2/c1-2-16(13-7-4-3-5-8-13)14-9-6-11-15-12-10-14/h3-5,7-8,14-15H,2,6,9-12H2,1H3. The average Bonchev–Trinajstić information content (AvgIpc) is 2.61. The molecule has 0 amide bonds. The van der Waals surface area contributed by atoms with Crippen molar-refractivity contribution in [1.29, 1.82) is 0 Å². The zero-order valence-corrected chi connectivity index (χ0v) is 10.2. The minimum atomic E-state index is 0.711. The van der Waals surface area contributed by atoms with E-state index in [1.807, 2.05) is 0 Å². The average molecular weight is 218 g/mol. The maximum absolute atomic E-state index is 3.48. The highest BCUT2D eigenvalue weighted by molar-refractivity contribution is 5.46. The van der Waals surface area contributed by atoms with Gasteiger partial charge in [-0.2, -0.15) is 0 Å². The van der Waals surface area contributed by atoms with Gasteiger partial charge in [0, 0.05) is 18.3 Å². The Hall–Kier alpha value is -1.02. The zero-order chi connectivity index (χ0) is 11.2. The third-order valence-electron chi connectivity index (χ3n) is 3.41. The van der Waals surface area contributed by atoms with Crippen molar-refractivity contribution in [3.63, 3.8) is 0 Å². The van der Waals surface area contributed by atoms with Crippen molar-refractivity contribution in [2.24, 2.45) is 0 Å². The molecule has 0 spiro atoms. The molecule has 1 aromatic carbocycles. The highest BCUT2D eigenvalue weighted by Crippen LogP contribution is 2.21. The van der Waals surface area contributed by atoms with Crippen LogP contribution >= 0.6 is 0 Å². The lowest BCUT2D eigenvalue weighted by Crippen LogP contribution is -2.35. The van der Waals surface area contributed by atoms with Crippen molar-refractivity contribution >= 4 is 5.69 Å². The molecule has 0 aliphatic carbocycles. The molecule has 1 heterocycles. The predicted octanol–water partition coefficient (Wildman–Crippen LogP) is 2.66. The molecule has 2 heteroatoms. The second kappa shape index (κ2) is 5.90. The zero-order valence-electron chi connectivity index (χ0n) is 10.2. The van der Waals surface area contributed by atoms with Crippen LogP contribution in [-0.2, 0) is 0 Å². The Kier molecular flexibility index (Phi) is 4.23. The normalized spacial score (nSPS) is 21.4. The van der Waals surface area contributed by atoms with Crippen LogP contribution in [0, 0.1) is 0 Å². The van der Waals surface area contributed by atoms with E-state index in [0.29, 0.717) is 6.04 Å². The molecule has 2 nitrogen and oxygen atoms in total. The number of hydrogen-bond donors (Lipinski definition) is 1. The van der Waals surface area contributed by atoms with E-state index in [1.54, 1.807) is 0 Å². The Bertz CT molecular complexity index is 289. The summed E-state index contributed by atoms with van der Waals surface area (Å²) in [6.07, 6.45) is 3.88. The van der Waals surface area contributed by atoms with E-state index in [-0.39, 0.29) is 0 Å². The molecule has 0 saturated carbocycles. The predicted molar refractivity (Wildman–Crippen MR) is 70.0 cm³/mol. The van der Waals surface area contributed by atoms with Gasteiger partial charge in [0.05, 0.1) is 0 Å². The fourth-order valence-electron chi connectivity index (χ4n) is 2.58. The van der Waals surface area contributed by atoms with Gasteiger partial charge in [-0.25, -0.2) is 0 Å². The molecule has 1 N–H and O–H groups in total. The van der Waals surface area contributed by atoms with Crippen LogP contribution in [0.4, 0.5) is 5.69 Å². The first-order valence-electron chi connectivity index (χ1n) is 6.44. The monoisotopic (exact) mass is 218 g/mol. The van der Waals surface area contributed by atoms with E-state index >= 15 is 0 Å². The fourth-order valence-corrected chi connectivity index (χ4v) is 2.58. The topological polar surface area (TPSA) is 15.3 Å². The largest absolute Gasteiger partial charge is 0.369 e.